The van der Waals surface area contributed by atoms with Crippen molar-refractivity contribution in [2.75, 3.05) is 0 Å². The fourth-order valence-electron chi connectivity index (χ4n) is 3.79. The van der Waals surface area contributed by atoms with Crippen molar-refractivity contribution < 1.29 is 4.52 Å². The van der Waals surface area contributed by atoms with E-state index in [2.05, 4.69) is 61.0 Å². The topological polar surface area (TPSA) is 63.6 Å². The molecule has 27 heavy (non-hydrogen) atoms. The Morgan fingerprint density at radius 3 is 2.70 bits per heavy atom. The summed E-state index contributed by atoms with van der Waals surface area (Å²) in [7, 11) is 0. The molecule has 3 heterocycles. The van der Waals surface area contributed by atoms with Crippen LogP contribution in [-0.2, 0) is 12.8 Å². The van der Waals surface area contributed by atoms with Gasteiger partial charge in [-0.2, -0.15) is 4.98 Å². The average molecular weight is 362 g/mol. The number of hydrogen-bond acceptors (Lipinski definition) is 5. The van der Waals surface area contributed by atoms with E-state index in [-0.39, 0.29) is 5.41 Å². The maximum Gasteiger partial charge on any atom is 0.273 e. The Balaban J connectivity index is 1.81. The lowest BCUT2D eigenvalue weighted by atomic mass is 9.76. The lowest BCUT2D eigenvalue weighted by Crippen LogP contribution is -2.35. The lowest BCUT2D eigenvalue weighted by Gasteiger charge is -2.29. The second-order valence-corrected chi connectivity index (χ2v) is 8.26. The van der Waals surface area contributed by atoms with E-state index in [0.717, 1.165) is 29.6 Å². The van der Waals surface area contributed by atoms with Crippen LogP contribution in [0.3, 0.4) is 0 Å². The summed E-state index contributed by atoms with van der Waals surface area (Å²) < 4.78 is 5.49. The number of fused-ring (bicyclic) bond motifs is 2. The molecule has 5 nitrogen and oxygen atoms in total. The summed E-state index contributed by atoms with van der Waals surface area (Å²) in [5, 5.41) is 6.27. The Hall–Kier alpha value is -2.56. The maximum absolute atomic E-state index is 5.49. The molecule has 1 aromatic carbocycles. The van der Waals surface area contributed by atoms with Gasteiger partial charge < -0.3 is 4.52 Å². The molecular weight excluding hydrogens is 336 g/mol. The Labute approximate surface area is 159 Å². The highest BCUT2D eigenvalue weighted by Gasteiger charge is 2.40. The molecule has 0 fully saturated rings. The zero-order valence-electron chi connectivity index (χ0n) is 16.7. The zero-order valence-corrected chi connectivity index (χ0v) is 16.7. The van der Waals surface area contributed by atoms with Crippen LogP contribution in [0.1, 0.15) is 58.3 Å². The van der Waals surface area contributed by atoms with Crippen LogP contribution >= 0.6 is 0 Å². The fourth-order valence-corrected chi connectivity index (χ4v) is 3.79. The molecule has 0 atom stereocenters. The second kappa shape index (κ2) is 6.55. The van der Waals surface area contributed by atoms with Crippen molar-refractivity contribution in [1.82, 2.24) is 10.1 Å². The van der Waals surface area contributed by atoms with E-state index in [0.29, 0.717) is 17.6 Å². The normalized spacial score (nSPS) is 17.3. The first-order valence-corrected chi connectivity index (χ1v) is 9.74. The lowest BCUT2D eigenvalue weighted by molar-refractivity contribution is 0.399. The summed E-state index contributed by atoms with van der Waals surface area (Å²) in [6.07, 6.45) is 4.85. The van der Waals surface area contributed by atoms with Gasteiger partial charge in [-0.25, -0.2) is 4.99 Å². The van der Waals surface area contributed by atoms with Gasteiger partial charge in [0.25, 0.3) is 5.89 Å². The monoisotopic (exact) mass is 362 g/mol. The van der Waals surface area contributed by atoms with Crippen LogP contribution < -0.4 is 10.6 Å². The molecule has 0 saturated carbocycles. The highest BCUT2D eigenvalue weighted by Crippen LogP contribution is 2.40. The van der Waals surface area contributed by atoms with E-state index >= 15 is 0 Å². The van der Waals surface area contributed by atoms with Crippen molar-refractivity contribution in [2.45, 2.75) is 53.9 Å². The minimum absolute atomic E-state index is 0.354. The van der Waals surface area contributed by atoms with Gasteiger partial charge in [0, 0.05) is 22.6 Å². The average Bonchev–Trinajstić information content (AvgIpc) is 3.23. The smallest absolute Gasteiger partial charge is 0.273 e. The third-order valence-electron chi connectivity index (χ3n) is 5.36. The van der Waals surface area contributed by atoms with Crippen LogP contribution in [0.25, 0.3) is 5.57 Å². The molecule has 0 N–H and O–H groups in total. The van der Waals surface area contributed by atoms with Gasteiger partial charge in [-0.05, 0) is 50.3 Å². The van der Waals surface area contributed by atoms with Gasteiger partial charge in [-0.1, -0.05) is 32.0 Å². The number of allylic oxidation sites excluding steroid dienone is 1. The van der Waals surface area contributed by atoms with Gasteiger partial charge in [0.1, 0.15) is 5.71 Å². The van der Waals surface area contributed by atoms with Crippen molar-refractivity contribution in [3.05, 3.63) is 58.0 Å². The Morgan fingerprint density at radius 1 is 1.19 bits per heavy atom. The Bertz CT molecular complexity index is 1070. The summed E-state index contributed by atoms with van der Waals surface area (Å²) in [5.74, 6) is 1.90. The molecule has 0 bridgehead atoms. The van der Waals surface area contributed by atoms with Crippen LogP contribution in [0.4, 0.5) is 0 Å². The summed E-state index contributed by atoms with van der Waals surface area (Å²) in [6, 6.07) is 6.63. The number of aliphatic imine (C=N–C) groups is 1. The molecular formula is C22H26N4O. The van der Waals surface area contributed by atoms with E-state index in [1.54, 1.807) is 0 Å². The first-order chi connectivity index (χ1) is 12.9. The molecule has 2 aliphatic heterocycles. The van der Waals surface area contributed by atoms with Gasteiger partial charge in [0.2, 0.25) is 0 Å². The number of nitrogens with zero attached hydrogens (tertiary/aromatic N) is 4. The van der Waals surface area contributed by atoms with Gasteiger partial charge >= 0.3 is 0 Å². The minimum atomic E-state index is -0.354. The highest BCUT2D eigenvalue weighted by atomic mass is 16.5. The first-order valence-electron chi connectivity index (χ1n) is 9.74. The molecule has 2 aliphatic rings. The van der Waals surface area contributed by atoms with Crippen LogP contribution in [0.5, 0.6) is 0 Å². The minimum Gasteiger partial charge on any atom is -0.333 e. The Kier molecular flexibility index (Phi) is 4.33. The second-order valence-electron chi connectivity index (χ2n) is 8.26. The summed E-state index contributed by atoms with van der Waals surface area (Å²) in [4.78, 5) is 14.0. The van der Waals surface area contributed by atoms with E-state index in [1.807, 2.05) is 13.1 Å². The van der Waals surface area contributed by atoms with Gasteiger partial charge in [0.05, 0.1) is 17.3 Å². The van der Waals surface area contributed by atoms with Crippen LogP contribution in [0, 0.1) is 11.3 Å². The summed E-state index contributed by atoms with van der Waals surface area (Å²) in [6.45, 7) is 10.9. The van der Waals surface area contributed by atoms with Gasteiger partial charge in [0.15, 0.2) is 5.82 Å². The molecule has 0 saturated heterocycles. The molecule has 1 aromatic heterocycles. The van der Waals surface area contributed by atoms with Crippen LogP contribution in [0.2, 0.25) is 0 Å². The molecule has 0 amide bonds. The molecule has 0 spiro atoms. The molecule has 0 aliphatic carbocycles. The van der Waals surface area contributed by atoms with E-state index in [1.165, 1.54) is 22.8 Å². The first kappa shape index (κ1) is 17.8. The standard InChI is InChI=1S/C22H26N4O/c1-6-18-25-21(27-26-18)20-22(4,5)19-15-11-14(8-7-13(2)3)9-10-16(15)24-17(19)12-23-20/h9-13H,6-8H2,1-5H3. The third-order valence-corrected chi connectivity index (χ3v) is 5.36. The van der Waals surface area contributed by atoms with Gasteiger partial charge in [-0.3, -0.25) is 4.99 Å². The molecule has 140 valence electrons. The quantitative estimate of drug-likeness (QED) is 0.819. The Morgan fingerprint density at radius 2 is 2.00 bits per heavy atom. The SMILES string of the molecule is CCc1noc(C2=NC=C3N=c4ccc(CCC(C)C)cc4=C3C2(C)C)n1. The van der Waals surface area contributed by atoms with E-state index in [4.69, 9.17) is 9.52 Å². The number of hydrogen-bond donors (Lipinski definition) is 0. The predicted octanol–water partition coefficient (Wildman–Crippen LogP) is 3.38. The zero-order chi connectivity index (χ0) is 19.2. The van der Waals surface area contributed by atoms with Crippen LogP contribution in [-0.4, -0.2) is 15.9 Å². The van der Waals surface area contributed by atoms with Gasteiger partial charge in [-0.15, -0.1) is 0 Å². The maximum atomic E-state index is 5.49. The van der Waals surface area contributed by atoms with Crippen molar-refractivity contribution >= 4 is 11.3 Å². The molecule has 2 aromatic rings. The molecule has 0 unspecified atom stereocenters. The number of benzene rings is 1. The highest BCUT2D eigenvalue weighted by molar-refractivity contribution is 6.10. The van der Waals surface area contributed by atoms with E-state index in [9.17, 15) is 0 Å². The predicted molar refractivity (Wildman–Crippen MR) is 106 cm³/mol. The largest absolute Gasteiger partial charge is 0.333 e. The fraction of sp³-hybridized carbons (Fsp3) is 0.455. The number of rotatable bonds is 5. The van der Waals surface area contributed by atoms with Crippen molar-refractivity contribution in [3.8, 4) is 0 Å². The van der Waals surface area contributed by atoms with Crippen molar-refractivity contribution in [1.29, 1.82) is 0 Å². The third kappa shape index (κ3) is 3.05. The van der Waals surface area contributed by atoms with Crippen molar-refractivity contribution in [2.24, 2.45) is 21.3 Å². The summed E-state index contributed by atoms with van der Waals surface area (Å²) >= 11 is 0. The summed E-state index contributed by atoms with van der Waals surface area (Å²) in [5.41, 5.74) is 3.95. The molecule has 4 rings (SSSR count). The number of aryl methyl sites for hydroxylation is 2. The van der Waals surface area contributed by atoms with E-state index < -0.39 is 0 Å². The van der Waals surface area contributed by atoms with Crippen LogP contribution in [0.15, 0.2) is 44.6 Å². The van der Waals surface area contributed by atoms with Crippen molar-refractivity contribution in [3.63, 3.8) is 0 Å². The molecule has 5 heteroatoms. The molecule has 0 radical (unpaired) electrons. The number of aromatic nitrogens is 2.